The lowest BCUT2D eigenvalue weighted by atomic mass is 9.94. The van der Waals surface area contributed by atoms with E-state index in [0.717, 1.165) is 43.6 Å². The molecule has 0 unspecified atom stereocenters. The molecule has 8 heteroatoms. The van der Waals surface area contributed by atoms with E-state index in [1.807, 2.05) is 49.1 Å². The Morgan fingerprint density at radius 3 is 2.82 bits per heavy atom. The number of ether oxygens (including phenoxy) is 1. The zero-order valence-corrected chi connectivity index (χ0v) is 20.1. The highest BCUT2D eigenvalue weighted by molar-refractivity contribution is 7.19. The van der Waals surface area contributed by atoms with Crippen LogP contribution in [0.15, 0.2) is 55.5 Å². The van der Waals surface area contributed by atoms with E-state index in [9.17, 15) is 4.79 Å². The Balaban J connectivity index is 1.44. The number of carbonyl (C=O) groups excluding carboxylic acids is 1. The van der Waals surface area contributed by atoms with E-state index in [2.05, 4.69) is 33.8 Å². The number of pyridine rings is 1. The fourth-order valence-corrected chi connectivity index (χ4v) is 5.59. The van der Waals surface area contributed by atoms with Crippen molar-refractivity contribution in [3.05, 3.63) is 77.2 Å². The first kappa shape index (κ1) is 22.0. The molecule has 1 amide bonds. The van der Waals surface area contributed by atoms with Gasteiger partial charge < -0.3 is 15.0 Å². The highest BCUT2D eigenvalue weighted by Gasteiger charge is 2.30. The molecule has 4 heterocycles. The normalized spacial score (nSPS) is 15.1. The van der Waals surface area contributed by atoms with E-state index in [1.54, 1.807) is 23.9 Å². The molecule has 1 aliphatic heterocycles. The number of fused-ring (bicyclic) bond motifs is 3. The number of amides is 1. The summed E-state index contributed by atoms with van der Waals surface area (Å²) >= 11 is 1.62. The fraction of sp³-hybridized carbons (Fsp3) is 0.231. The number of rotatable bonds is 5. The summed E-state index contributed by atoms with van der Waals surface area (Å²) in [4.78, 5) is 29.5. The number of hydrogen-bond acceptors (Lipinski definition) is 7. The zero-order valence-electron chi connectivity index (χ0n) is 19.3. The highest BCUT2D eigenvalue weighted by Crippen LogP contribution is 2.42. The summed E-state index contributed by atoms with van der Waals surface area (Å²) in [5.41, 5.74) is 4.08. The van der Waals surface area contributed by atoms with Gasteiger partial charge >= 0.3 is 0 Å². The van der Waals surface area contributed by atoms with Gasteiger partial charge in [-0.2, -0.15) is 0 Å². The van der Waals surface area contributed by atoms with Crippen molar-refractivity contribution < 1.29 is 9.53 Å². The fourth-order valence-electron chi connectivity index (χ4n) is 4.31. The molecule has 1 aromatic carbocycles. The molecule has 0 fully saturated rings. The van der Waals surface area contributed by atoms with Crippen LogP contribution in [-0.2, 0) is 11.3 Å². The summed E-state index contributed by atoms with van der Waals surface area (Å²) in [6.45, 7) is 10.9. The molecular weight excluding hydrogens is 446 g/mol. The predicted octanol–water partition coefficient (Wildman–Crippen LogP) is 5.87. The van der Waals surface area contributed by atoms with Gasteiger partial charge in [-0.3, -0.25) is 9.78 Å². The van der Waals surface area contributed by atoms with Gasteiger partial charge in [-0.25, -0.2) is 9.97 Å². The Labute approximate surface area is 202 Å². The summed E-state index contributed by atoms with van der Waals surface area (Å²) < 4.78 is 6.00. The van der Waals surface area contributed by atoms with Crippen molar-refractivity contribution in [2.24, 2.45) is 0 Å². The number of aromatic nitrogens is 3. The van der Waals surface area contributed by atoms with E-state index in [0.29, 0.717) is 18.8 Å². The lowest BCUT2D eigenvalue weighted by Crippen LogP contribution is -2.35. The van der Waals surface area contributed by atoms with Crippen molar-refractivity contribution in [2.75, 3.05) is 11.9 Å². The van der Waals surface area contributed by atoms with E-state index < -0.39 is 0 Å². The molecule has 0 saturated heterocycles. The number of thiophene rings is 1. The molecular formula is C26H25N5O2S. The quantitative estimate of drug-likeness (QED) is 0.367. The third-order valence-corrected chi connectivity index (χ3v) is 7.06. The topological polar surface area (TPSA) is 80.2 Å². The van der Waals surface area contributed by atoms with Gasteiger partial charge in [-0.15, -0.1) is 11.3 Å². The minimum absolute atomic E-state index is 0.0430. The average molecular weight is 472 g/mol. The first-order valence-corrected chi connectivity index (χ1v) is 11.9. The second-order valence-electron chi connectivity index (χ2n) is 8.51. The van der Waals surface area contributed by atoms with Crippen LogP contribution in [0.25, 0.3) is 10.2 Å². The van der Waals surface area contributed by atoms with E-state index in [-0.39, 0.29) is 11.8 Å². The van der Waals surface area contributed by atoms with Crippen LogP contribution in [0.5, 0.6) is 11.5 Å². The van der Waals surface area contributed by atoms with Crippen LogP contribution in [0.4, 0.5) is 11.5 Å². The Morgan fingerprint density at radius 1 is 1.24 bits per heavy atom. The Morgan fingerprint density at radius 2 is 2.09 bits per heavy atom. The molecule has 1 N–H and O–H groups in total. The highest BCUT2D eigenvalue weighted by atomic mass is 32.1. The van der Waals surface area contributed by atoms with Gasteiger partial charge in [0, 0.05) is 28.7 Å². The van der Waals surface area contributed by atoms with Crippen LogP contribution in [-0.4, -0.2) is 32.3 Å². The predicted molar refractivity (Wildman–Crippen MR) is 135 cm³/mol. The zero-order chi connectivity index (χ0) is 23.8. The molecule has 34 heavy (non-hydrogen) atoms. The lowest BCUT2D eigenvalue weighted by Gasteiger charge is -2.30. The number of anilines is 2. The van der Waals surface area contributed by atoms with E-state index in [4.69, 9.17) is 4.74 Å². The summed E-state index contributed by atoms with van der Waals surface area (Å²) in [7, 11) is 0. The van der Waals surface area contributed by atoms with Crippen LogP contribution < -0.4 is 10.1 Å². The molecule has 0 saturated carbocycles. The molecule has 1 aliphatic rings. The number of nitrogens with one attached hydrogen (secondary N) is 1. The first-order valence-electron chi connectivity index (χ1n) is 11.1. The molecule has 0 radical (unpaired) electrons. The van der Waals surface area contributed by atoms with Crippen molar-refractivity contribution in [1.29, 1.82) is 0 Å². The van der Waals surface area contributed by atoms with Crippen LogP contribution in [0, 0.1) is 13.8 Å². The molecule has 5 rings (SSSR count). The van der Waals surface area contributed by atoms with Crippen molar-refractivity contribution in [2.45, 2.75) is 33.2 Å². The maximum atomic E-state index is 12.2. The van der Waals surface area contributed by atoms with Crippen LogP contribution in [0.3, 0.4) is 0 Å². The molecule has 0 spiro atoms. The molecule has 7 nitrogen and oxygen atoms in total. The SMILES string of the molecule is C=CC(=O)N1Cc2sc3ncnc(Nc4ccc(Oc5ccc(C)nc5)c(C)c4)c3c2[C@H](C)C1. The minimum Gasteiger partial charge on any atom is -0.455 e. The van der Waals surface area contributed by atoms with Gasteiger partial charge in [-0.05, 0) is 61.4 Å². The van der Waals surface area contributed by atoms with Gasteiger partial charge in [-0.1, -0.05) is 13.5 Å². The second-order valence-corrected chi connectivity index (χ2v) is 9.59. The van der Waals surface area contributed by atoms with Gasteiger partial charge in [0.1, 0.15) is 28.5 Å². The van der Waals surface area contributed by atoms with E-state index in [1.165, 1.54) is 11.6 Å². The maximum absolute atomic E-state index is 12.2. The summed E-state index contributed by atoms with van der Waals surface area (Å²) in [5, 5.41) is 4.51. The molecule has 0 bridgehead atoms. The Hall–Kier alpha value is -3.78. The molecule has 4 aromatic rings. The summed E-state index contributed by atoms with van der Waals surface area (Å²) in [6.07, 6.45) is 4.69. The van der Waals surface area contributed by atoms with Crippen LogP contribution >= 0.6 is 11.3 Å². The molecule has 172 valence electrons. The number of benzene rings is 1. The summed E-state index contributed by atoms with van der Waals surface area (Å²) in [5.74, 6) is 2.38. The second kappa shape index (κ2) is 8.87. The Kier molecular flexibility index (Phi) is 5.75. The van der Waals surface area contributed by atoms with Gasteiger partial charge in [0.25, 0.3) is 0 Å². The third-order valence-electron chi connectivity index (χ3n) is 5.96. The molecule has 1 atom stereocenters. The first-order chi connectivity index (χ1) is 16.4. The number of hydrogen-bond donors (Lipinski definition) is 1. The smallest absolute Gasteiger partial charge is 0.246 e. The minimum atomic E-state index is -0.0430. The van der Waals surface area contributed by atoms with Gasteiger partial charge in [0.05, 0.1) is 18.1 Å². The van der Waals surface area contributed by atoms with Crippen LogP contribution in [0.2, 0.25) is 0 Å². The Bertz CT molecular complexity index is 1400. The van der Waals surface area contributed by atoms with Crippen LogP contribution in [0.1, 0.15) is 34.5 Å². The third kappa shape index (κ3) is 4.12. The molecule has 0 aliphatic carbocycles. The lowest BCUT2D eigenvalue weighted by molar-refractivity contribution is -0.127. The number of aryl methyl sites for hydroxylation is 2. The van der Waals surface area contributed by atoms with Crippen molar-refractivity contribution in [3.8, 4) is 11.5 Å². The van der Waals surface area contributed by atoms with Crippen molar-refractivity contribution in [1.82, 2.24) is 19.9 Å². The monoisotopic (exact) mass is 471 g/mol. The van der Waals surface area contributed by atoms with Gasteiger partial charge in [0.2, 0.25) is 5.91 Å². The number of carbonyl (C=O) groups is 1. The van der Waals surface area contributed by atoms with Crippen molar-refractivity contribution >= 4 is 39.0 Å². The largest absolute Gasteiger partial charge is 0.455 e. The summed E-state index contributed by atoms with van der Waals surface area (Å²) in [6, 6.07) is 9.80. The maximum Gasteiger partial charge on any atom is 0.246 e. The standard InChI is InChI=1S/C26H25N5O2S/c1-5-22(32)31-12-16(3)23-21(13-31)34-26-24(23)25(28-14-29-26)30-18-7-9-20(15(2)10-18)33-19-8-6-17(4)27-11-19/h5-11,14,16H,1,12-13H2,2-4H3,(H,28,29,30)/t16-/m1/s1. The van der Waals surface area contributed by atoms with E-state index >= 15 is 0 Å². The van der Waals surface area contributed by atoms with Crippen molar-refractivity contribution in [3.63, 3.8) is 0 Å². The number of nitrogens with zero attached hydrogens (tertiary/aromatic N) is 4. The molecule has 3 aromatic heterocycles. The average Bonchev–Trinajstić information content (AvgIpc) is 3.21. The van der Waals surface area contributed by atoms with Gasteiger partial charge in [0.15, 0.2) is 0 Å².